The largest absolute Gasteiger partial charge is 0.465 e. The van der Waals surface area contributed by atoms with Crippen LogP contribution in [0.3, 0.4) is 0 Å². The minimum Gasteiger partial charge on any atom is -0.465 e. The molecule has 0 bridgehead atoms. The molecular formula is C19H19N3O3. The first kappa shape index (κ1) is 15.7. The maximum Gasteiger partial charge on any atom is 0.337 e. The molecule has 6 nitrogen and oxygen atoms in total. The van der Waals surface area contributed by atoms with Crippen LogP contribution in [-0.2, 0) is 9.47 Å². The van der Waals surface area contributed by atoms with Gasteiger partial charge in [0.1, 0.15) is 5.82 Å². The third kappa shape index (κ3) is 2.96. The van der Waals surface area contributed by atoms with E-state index in [4.69, 9.17) is 9.47 Å². The van der Waals surface area contributed by atoms with Gasteiger partial charge in [-0.2, -0.15) is 0 Å². The molecule has 0 aliphatic carbocycles. The van der Waals surface area contributed by atoms with Crippen LogP contribution in [0.4, 0.5) is 5.82 Å². The highest BCUT2D eigenvalue weighted by atomic mass is 16.5. The van der Waals surface area contributed by atoms with Gasteiger partial charge in [0, 0.05) is 47.5 Å². The third-order valence-electron chi connectivity index (χ3n) is 4.50. The van der Waals surface area contributed by atoms with Gasteiger partial charge in [0.05, 0.1) is 25.9 Å². The van der Waals surface area contributed by atoms with Gasteiger partial charge in [-0.25, -0.2) is 9.78 Å². The van der Waals surface area contributed by atoms with Crippen molar-refractivity contribution in [2.24, 2.45) is 0 Å². The zero-order valence-electron chi connectivity index (χ0n) is 14.0. The van der Waals surface area contributed by atoms with E-state index in [2.05, 4.69) is 20.9 Å². The first-order valence-corrected chi connectivity index (χ1v) is 8.25. The van der Waals surface area contributed by atoms with E-state index in [-0.39, 0.29) is 5.97 Å². The van der Waals surface area contributed by atoms with Gasteiger partial charge >= 0.3 is 5.97 Å². The molecule has 128 valence electrons. The summed E-state index contributed by atoms with van der Waals surface area (Å²) < 4.78 is 10.2. The van der Waals surface area contributed by atoms with Crippen molar-refractivity contribution in [2.45, 2.75) is 0 Å². The number of morpholine rings is 1. The molecule has 25 heavy (non-hydrogen) atoms. The van der Waals surface area contributed by atoms with E-state index in [0.717, 1.165) is 54.2 Å². The van der Waals surface area contributed by atoms with Crippen LogP contribution in [0.15, 0.2) is 42.7 Å². The molecule has 1 aliphatic rings. The van der Waals surface area contributed by atoms with Crippen LogP contribution < -0.4 is 4.90 Å². The quantitative estimate of drug-likeness (QED) is 0.745. The van der Waals surface area contributed by atoms with Gasteiger partial charge in [0.15, 0.2) is 0 Å². The Morgan fingerprint density at radius 1 is 1.24 bits per heavy atom. The Labute approximate surface area is 145 Å². The van der Waals surface area contributed by atoms with Crippen LogP contribution in [0.2, 0.25) is 0 Å². The van der Waals surface area contributed by atoms with E-state index in [1.807, 2.05) is 24.5 Å². The molecule has 1 fully saturated rings. The van der Waals surface area contributed by atoms with Crippen molar-refractivity contribution in [1.82, 2.24) is 9.97 Å². The molecule has 1 N–H and O–H groups in total. The van der Waals surface area contributed by atoms with Crippen molar-refractivity contribution >= 4 is 22.7 Å². The number of ether oxygens (including phenoxy) is 2. The number of esters is 1. The first-order chi connectivity index (χ1) is 12.3. The number of benzene rings is 1. The van der Waals surface area contributed by atoms with E-state index < -0.39 is 0 Å². The zero-order valence-corrected chi connectivity index (χ0v) is 14.0. The van der Waals surface area contributed by atoms with E-state index >= 15 is 0 Å². The van der Waals surface area contributed by atoms with E-state index in [9.17, 15) is 4.79 Å². The summed E-state index contributed by atoms with van der Waals surface area (Å²) in [6, 6.07) is 9.64. The molecule has 0 amide bonds. The molecule has 0 saturated carbocycles. The topological polar surface area (TPSA) is 67.4 Å². The summed E-state index contributed by atoms with van der Waals surface area (Å²) in [5.74, 6) is 0.634. The van der Waals surface area contributed by atoms with Crippen molar-refractivity contribution in [3.63, 3.8) is 0 Å². The maximum atomic E-state index is 11.7. The number of rotatable bonds is 3. The number of methoxy groups -OCH3 is 1. The lowest BCUT2D eigenvalue weighted by Gasteiger charge is -2.27. The number of nitrogens with one attached hydrogen (secondary N) is 1. The van der Waals surface area contributed by atoms with Crippen LogP contribution in [0.25, 0.3) is 22.0 Å². The Bertz CT molecular complexity index is 896. The predicted octanol–water partition coefficient (Wildman–Crippen LogP) is 2.85. The smallest absolute Gasteiger partial charge is 0.337 e. The van der Waals surface area contributed by atoms with Gasteiger partial charge in [-0.1, -0.05) is 6.07 Å². The van der Waals surface area contributed by atoms with Gasteiger partial charge in [-0.05, 0) is 24.3 Å². The maximum absolute atomic E-state index is 11.7. The Morgan fingerprint density at radius 2 is 2.08 bits per heavy atom. The second kappa shape index (κ2) is 6.57. The lowest BCUT2D eigenvalue weighted by atomic mass is 10.1. The van der Waals surface area contributed by atoms with Crippen molar-refractivity contribution in [1.29, 1.82) is 0 Å². The molecule has 6 heteroatoms. The standard InChI is InChI=1S/C19H19N3O3/c1-24-19(23)13-2-4-15-16(12-20-17(15)10-13)14-3-5-18(21-11-14)22-6-8-25-9-7-22/h2-5,10-12,20H,6-9H2,1H3. The number of carbonyl (C=O) groups excluding carboxylic acids is 1. The number of hydrogen-bond donors (Lipinski definition) is 1. The Kier molecular flexibility index (Phi) is 4.11. The second-order valence-electron chi connectivity index (χ2n) is 5.96. The molecule has 3 aromatic rings. The number of hydrogen-bond acceptors (Lipinski definition) is 5. The fourth-order valence-corrected chi connectivity index (χ4v) is 3.13. The summed E-state index contributed by atoms with van der Waals surface area (Å²) >= 11 is 0. The van der Waals surface area contributed by atoms with Gasteiger partial charge in [0.2, 0.25) is 0 Å². The minimum absolute atomic E-state index is 0.338. The van der Waals surface area contributed by atoms with E-state index in [1.54, 1.807) is 12.1 Å². The van der Waals surface area contributed by atoms with Crippen LogP contribution in [0.1, 0.15) is 10.4 Å². The fraction of sp³-hybridized carbons (Fsp3) is 0.263. The zero-order chi connectivity index (χ0) is 17.2. The number of nitrogens with zero attached hydrogens (tertiary/aromatic N) is 2. The van der Waals surface area contributed by atoms with Crippen molar-refractivity contribution in [3.05, 3.63) is 48.3 Å². The van der Waals surface area contributed by atoms with Crippen LogP contribution >= 0.6 is 0 Å². The molecule has 1 saturated heterocycles. The lowest BCUT2D eigenvalue weighted by molar-refractivity contribution is 0.0601. The number of carbonyl (C=O) groups is 1. The van der Waals surface area contributed by atoms with Gasteiger partial charge in [0.25, 0.3) is 0 Å². The number of aromatic nitrogens is 2. The number of aromatic amines is 1. The molecule has 2 aromatic heterocycles. The van der Waals surface area contributed by atoms with Gasteiger partial charge in [-0.15, -0.1) is 0 Å². The van der Waals surface area contributed by atoms with Gasteiger partial charge in [-0.3, -0.25) is 0 Å². The highest BCUT2D eigenvalue weighted by Gasteiger charge is 2.14. The monoisotopic (exact) mass is 337 g/mol. The van der Waals surface area contributed by atoms with Crippen LogP contribution in [-0.4, -0.2) is 49.4 Å². The fourth-order valence-electron chi connectivity index (χ4n) is 3.13. The summed E-state index contributed by atoms with van der Waals surface area (Å²) in [5.41, 5.74) is 3.53. The summed E-state index contributed by atoms with van der Waals surface area (Å²) in [5, 5.41) is 1.05. The third-order valence-corrected chi connectivity index (χ3v) is 4.50. The summed E-state index contributed by atoms with van der Waals surface area (Å²) in [4.78, 5) is 21.7. The molecule has 1 aromatic carbocycles. The van der Waals surface area contributed by atoms with Crippen molar-refractivity contribution < 1.29 is 14.3 Å². The lowest BCUT2D eigenvalue weighted by Crippen LogP contribution is -2.36. The molecular weight excluding hydrogens is 318 g/mol. The molecule has 3 heterocycles. The van der Waals surface area contributed by atoms with Crippen LogP contribution in [0, 0.1) is 0 Å². The average Bonchev–Trinajstić information content (AvgIpc) is 3.11. The van der Waals surface area contributed by atoms with E-state index in [1.165, 1.54) is 7.11 Å². The SMILES string of the molecule is COC(=O)c1ccc2c(-c3ccc(N4CCOCC4)nc3)c[nH]c2c1. The Morgan fingerprint density at radius 3 is 2.80 bits per heavy atom. The summed E-state index contributed by atoms with van der Waals surface area (Å²) in [6.45, 7) is 3.23. The summed E-state index contributed by atoms with van der Waals surface area (Å²) in [7, 11) is 1.38. The second-order valence-corrected chi connectivity index (χ2v) is 5.96. The molecule has 0 unspecified atom stereocenters. The molecule has 4 rings (SSSR count). The molecule has 0 spiro atoms. The molecule has 0 atom stereocenters. The van der Waals surface area contributed by atoms with Crippen molar-refractivity contribution in [2.75, 3.05) is 38.3 Å². The summed E-state index contributed by atoms with van der Waals surface area (Å²) in [6.07, 6.45) is 3.83. The highest BCUT2D eigenvalue weighted by Crippen LogP contribution is 2.29. The van der Waals surface area contributed by atoms with Crippen molar-refractivity contribution in [3.8, 4) is 11.1 Å². The normalized spacial score (nSPS) is 14.7. The highest BCUT2D eigenvalue weighted by molar-refractivity contribution is 6.00. The van der Waals surface area contributed by atoms with E-state index in [0.29, 0.717) is 5.56 Å². The predicted molar refractivity (Wildman–Crippen MR) is 95.9 cm³/mol. The Balaban J connectivity index is 1.64. The number of H-pyrrole nitrogens is 1. The minimum atomic E-state index is -0.338. The first-order valence-electron chi connectivity index (χ1n) is 8.25. The number of fused-ring (bicyclic) bond motifs is 1. The Hall–Kier alpha value is -2.86. The number of anilines is 1. The molecule has 1 aliphatic heterocycles. The van der Waals surface area contributed by atoms with Gasteiger partial charge < -0.3 is 19.4 Å². The van der Waals surface area contributed by atoms with Crippen LogP contribution in [0.5, 0.6) is 0 Å². The number of pyridine rings is 1. The average molecular weight is 337 g/mol. The molecule has 0 radical (unpaired) electrons.